The molecule has 4 rings (SSSR count). The summed E-state index contributed by atoms with van der Waals surface area (Å²) in [6, 6.07) is 10.7. The number of Topliss-reactive ketones (excluding diaryl/α,β-unsaturated/α-hetero) is 1. The zero-order chi connectivity index (χ0) is 26.7. The molecule has 11 heteroatoms. The van der Waals surface area contributed by atoms with Gasteiger partial charge in [0.15, 0.2) is 11.5 Å². The number of nitro groups is 1. The number of amides is 1. The van der Waals surface area contributed by atoms with Crippen molar-refractivity contribution in [2.24, 2.45) is 0 Å². The lowest BCUT2D eigenvalue weighted by Gasteiger charge is -2.26. The summed E-state index contributed by atoms with van der Waals surface area (Å²) in [5.74, 6) is -1.48. The van der Waals surface area contributed by atoms with E-state index in [2.05, 4.69) is 4.98 Å². The molecule has 0 aliphatic carbocycles. The van der Waals surface area contributed by atoms with Crippen LogP contribution in [0.2, 0.25) is 0 Å². The number of carbonyl (C=O) groups excluding carboxylic acids is 2. The molecule has 37 heavy (non-hydrogen) atoms. The number of aromatic nitrogens is 1. The molecule has 1 saturated heterocycles. The fourth-order valence-corrected chi connectivity index (χ4v) is 4.26. The quantitative estimate of drug-likeness (QED) is 0.160. The Kier molecular flexibility index (Phi) is 7.05. The molecule has 11 nitrogen and oxygen atoms in total. The van der Waals surface area contributed by atoms with Crippen LogP contribution in [0.4, 0.5) is 5.69 Å². The van der Waals surface area contributed by atoms with Crippen LogP contribution in [-0.4, -0.2) is 52.9 Å². The van der Waals surface area contributed by atoms with E-state index in [0.29, 0.717) is 16.9 Å². The predicted molar refractivity (Wildman–Crippen MR) is 131 cm³/mol. The first-order chi connectivity index (χ1) is 17.8. The van der Waals surface area contributed by atoms with Gasteiger partial charge >= 0.3 is 0 Å². The topological polar surface area (TPSA) is 141 Å². The summed E-state index contributed by atoms with van der Waals surface area (Å²) in [4.78, 5) is 42.6. The average molecular weight is 505 g/mol. The first-order valence-electron chi connectivity index (χ1n) is 11.0. The van der Waals surface area contributed by atoms with Crippen LogP contribution in [0.3, 0.4) is 0 Å². The molecular formula is C26H23N3O8. The van der Waals surface area contributed by atoms with E-state index < -0.39 is 28.4 Å². The van der Waals surface area contributed by atoms with Gasteiger partial charge in [0.25, 0.3) is 17.4 Å². The minimum atomic E-state index is -1.08. The van der Waals surface area contributed by atoms with Gasteiger partial charge in [0.1, 0.15) is 5.76 Å². The lowest BCUT2D eigenvalue weighted by Crippen LogP contribution is -2.29. The maximum absolute atomic E-state index is 13.3. The zero-order valence-electron chi connectivity index (χ0n) is 20.2. The fraction of sp³-hybridized carbons (Fsp3) is 0.192. The third-order valence-electron chi connectivity index (χ3n) is 5.95. The molecule has 1 atom stereocenters. The molecule has 1 aliphatic heterocycles. The van der Waals surface area contributed by atoms with Crippen molar-refractivity contribution < 1.29 is 33.8 Å². The number of pyridine rings is 1. The second kappa shape index (κ2) is 10.4. The highest BCUT2D eigenvalue weighted by molar-refractivity contribution is 6.46. The van der Waals surface area contributed by atoms with E-state index in [9.17, 15) is 24.8 Å². The van der Waals surface area contributed by atoms with Crippen molar-refractivity contribution in [3.63, 3.8) is 0 Å². The summed E-state index contributed by atoms with van der Waals surface area (Å²) in [6.07, 6.45) is 3.14. The number of ketones is 1. The van der Waals surface area contributed by atoms with Gasteiger partial charge in [-0.25, -0.2) is 0 Å². The highest BCUT2D eigenvalue weighted by Crippen LogP contribution is 2.46. The average Bonchev–Trinajstić information content (AvgIpc) is 3.17. The third-order valence-corrected chi connectivity index (χ3v) is 5.95. The summed E-state index contributed by atoms with van der Waals surface area (Å²) in [5, 5.41) is 22.5. The van der Waals surface area contributed by atoms with Crippen molar-refractivity contribution in [3.8, 4) is 17.2 Å². The highest BCUT2D eigenvalue weighted by Gasteiger charge is 2.46. The van der Waals surface area contributed by atoms with Gasteiger partial charge in [0.05, 0.1) is 37.9 Å². The van der Waals surface area contributed by atoms with Crippen molar-refractivity contribution in [3.05, 3.63) is 93.3 Å². The molecule has 0 bridgehead atoms. The number of aliphatic hydroxyl groups excluding tert-OH is 1. The van der Waals surface area contributed by atoms with E-state index in [1.54, 1.807) is 36.7 Å². The molecule has 2 heterocycles. The molecule has 0 radical (unpaired) electrons. The normalized spacial score (nSPS) is 16.5. The van der Waals surface area contributed by atoms with Crippen LogP contribution in [0.1, 0.15) is 22.7 Å². The van der Waals surface area contributed by atoms with E-state index in [1.165, 1.54) is 44.4 Å². The number of nitro benzene ring substituents is 1. The van der Waals surface area contributed by atoms with E-state index in [-0.39, 0.29) is 34.9 Å². The first-order valence-corrected chi connectivity index (χ1v) is 11.0. The predicted octanol–water partition coefficient (Wildman–Crippen LogP) is 3.64. The summed E-state index contributed by atoms with van der Waals surface area (Å²) < 4.78 is 16.3. The largest absolute Gasteiger partial charge is 0.507 e. The Hall–Kier alpha value is -4.93. The van der Waals surface area contributed by atoms with E-state index in [0.717, 1.165) is 6.07 Å². The second-order valence-corrected chi connectivity index (χ2v) is 8.05. The van der Waals surface area contributed by atoms with Crippen molar-refractivity contribution in [2.45, 2.75) is 12.6 Å². The van der Waals surface area contributed by atoms with Crippen LogP contribution >= 0.6 is 0 Å². The lowest BCUT2D eigenvalue weighted by molar-refractivity contribution is -0.384. The van der Waals surface area contributed by atoms with Crippen molar-refractivity contribution >= 4 is 23.1 Å². The van der Waals surface area contributed by atoms with Crippen LogP contribution in [0, 0.1) is 10.1 Å². The molecule has 1 aliphatic rings. The standard InChI is InChI=1S/C26H23N3O8/c1-35-19-11-17(12-20(36-2)25(19)37-3)22-21(23(30)16-7-4-8-18(10-16)29(33)34)24(31)26(32)28(22)14-15-6-5-9-27-13-15/h4-13,22,30H,14H2,1-3H3/b23-21+. The summed E-state index contributed by atoms with van der Waals surface area (Å²) in [6.45, 7) is 0.00541. The van der Waals surface area contributed by atoms with Crippen molar-refractivity contribution in [1.82, 2.24) is 9.88 Å². The molecule has 1 amide bonds. The maximum atomic E-state index is 13.3. The Bertz CT molecular complexity index is 1380. The smallest absolute Gasteiger partial charge is 0.295 e. The van der Waals surface area contributed by atoms with Crippen LogP contribution < -0.4 is 14.2 Å². The van der Waals surface area contributed by atoms with Crippen molar-refractivity contribution in [1.29, 1.82) is 0 Å². The Morgan fingerprint density at radius 2 is 1.76 bits per heavy atom. The molecule has 1 N–H and O–H groups in total. The molecule has 1 fully saturated rings. The van der Waals surface area contributed by atoms with Gasteiger partial charge in [-0.15, -0.1) is 0 Å². The second-order valence-electron chi connectivity index (χ2n) is 8.05. The number of nitrogens with zero attached hydrogens (tertiary/aromatic N) is 3. The number of methoxy groups -OCH3 is 3. The molecule has 1 aromatic heterocycles. The molecular weight excluding hydrogens is 482 g/mol. The monoisotopic (exact) mass is 505 g/mol. The number of benzene rings is 2. The number of aliphatic hydroxyl groups is 1. The molecule has 190 valence electrons. The zero-order valence-corrected chi connectivity index (χ0v) is 20.2. The Balaban J connectivity index is 1.96. The van der Waals surface area contributed by atoms with Crippen LogP contribution in [0.5, 0.6) is 17.2 Å². The lowest BCUT2D eigenvalue weighted by atomic mass is 9.94. The van der Waals surface area contributed by atoms with Crippen LogP contribution in [0.25, 0.3) is 5.76 Å². The van der Waals surface area contributed by atoms with Gasteiger partial charge in [0, 0.05) is 36.6 Å². The molecule has 0 saturated carbocycles. The van der Waals surface area contributed by atoms with E-state index >= 15 is 0 Å². The third kappa shape index (κ3) is 4.66. The van der Waals surface area contributed by atoms with Gasteiger partial charge in [-0.2, -0.15) is 0 Å². The number of hydrogen-bond acceptors (Lipinski definition) is 9. The highest BCUT2D eigenvalue weighted by atomic mass is 16.6. The van der Waals surface area contributed by atoms with E-state index in [4.69, 9.17) is 14.2 Å². The Morgan fingerprint density at radius 3 is 2.32 bits per heavy atom. The minimum Gasteiger partial charge on any atom is -0.507 e. The number of hydrogen-bond donors (Lipinski definition) is 1. The van der Waals surface area contributed by atoms with Crippen LogP contribution in [-0.2, 0) is 16.1 Å². The van der Waals surface area contributed by atoms with Gasteiger partial charge < -0.3 is 24.2 Å². The molecule has 0 spiro atoms. The number of ether oxygens (including phenoxy) is 3. The molecule has 3 aromatic rings. The SMILES string of the molecule is COc1cc(C2/C(=C(\O)c3cccc([N+](=O)[O-])c3)C(=O)C(=O)N2Cc2cccnc2)cc(OC)c1OC. The summed E-state index contributed by atoms with van der Waals surface area (Å²) in [5.41, 5.74) is 0.550. The first kappa shape index (κ1) is 25.2. The van der Waals surface area contributed by atoms with Gasteiger partial charge in [-0.3, -0.25) is 24.7 Å². The Morgan fingerprint density at radius 1 is 1.05 bits per heavy atom. The van der Waals surface area contributed by atoms with E-state index in [1.807, 2.05) is 0 Å². The molecule has 2 aromatic carbocycles. The van der Waals surface area contributed by atoms with Gasteiger partial charge in [-0.1, -0.05) is 18.2 Å². The number of non-ortho nitro benzene ring substituents is 1. The number of likely N-dealkylation sites (tertiary alicyclic amines) is 1. The van der Waals surface area contributed by atoms with Crippen LogP contribution in [0.15, 0.2) is 66.5 Å². The summed E-state index contributed by atoms with van der Waals surface area (Å²) >= 11 is 0. The van der Waals surface area contributed by atoms with Crippen molar-refractivity contribution in [2.75, 3.05) is 21.3 Å². The summed E-state index contributed by atoms with van der Waals surface area (Å²) in [7, 11) is 4.30. The number of carbonyl (C=O) groups is 2. The Labute approximate surface area is 211 Å². The number of rotatable bonds is 8. The van der Waals surface area contributed by atoms with Gasteiger partial charge in [0.2, 0.25) is 5.75 Å². The minimum absolute atomic E-state index is 0.00541. The maximum Gasteiger partial charge on any atom is 0.295 e. The molecule has 1 unspecified atom stereocenters. The fourth-order valence-electron chi connectivity index (χ4n) is 4.26. The van der Waals surface area contributed by atoms with Gasteiger partial charge in [-0.05, 0) is 29.3 Å².